The number of amides is 1. The van der Waals surface area contributed by atoms with E-state index in [0.29, 0.717) is 12.2 Å². The van der Waals surface area contributed by atoms with Crippen molar-refractivity contribution in [1.29, 1.82) is 5.26 Å². The number of ether oxygens (including phenoxy) is 1. The van der Waals surface area contributed by atoms with E-state index in [0.717, 1.165) is 0 Å². The lowest BCUT2D eigenvalue weighted by atomic mass is 9.75. The number of nitriles is 1. The van der Waals surface area contributed by atoms with Gasteiger partial charge in [0.25, 0.3) is 5.91 Å². The van der Waals surface area contributed by atoms with E-state index in [1.54, 1.807) is 24.3 Å². The summed E-state index contributed by atoms with van der Waals surface area (Å²) in [6.45, 7) is 0. The molecule has 0 bridgehead atoms. The molecule has 0 saturated heterocycles. The molecule has 0 aliphatic heterocycles. The predicted octanol–water partition coefficient (Wildman–Crippen LogP) is 1.93. The monoisotopic (exact) mass is 310 g/mol. The van der Waals surface area contributed by atoms with Crippen LogP contribution >= 0.6 is 0 Å². The largest absolute Gasteiger partial charge is 0.496 e. The Morgan fingerprint density at radius 2 is 2.14 bits per heavy atom. The first kappa shape index (κ1) is 16.2. The maximum Gasteiger partial charge on any atom is 0.352 e. The third-order valence-electron chi connectivity index (χ3n) is 3.90. The summed E-state index contributed by atoms with van der Waals surface area (Å²) in [4.78, 5) is 11.8. The maximum absolute atomic E-state index is 14.0. The molecule has 1 aliphatic carbocycles. The van der Waals surface area contributed by atoms with Crippen LogP contribution in [0, 0.1) is 11.3 Å². The SMILES string of the molecule is COc1ccccc1C(C#N)NC(=O)C(F)(F)C1(O)CCC1. The predicted molar refractivity (Wildman–Crippen MR) is 73.2 cm³/mol. The number of halogens is 2. The van der Waals surface area contributed by atoms with Gasteiger partial charge in [-0.2, -0.15) is 14.0 Å². The van der Waals surface area contributed by atoms with Gasteiger partial charge in [-0.05, 0) is 25.3 Å². The normalized spacial score (nSPS) is 17.8. The van der Waals surface area contributed by atoms with Gasteiger partial charge < -0.3 is 15.2 Å². The van der Waals surface area contributed by atoms with Crippen LogP contribution < -0.4 is 10.1 Å². The smallest absolute Gasteiger partial charge is 0.352 e. The van der Waals surface area contributed by atoms with Gasteiger partial charge in [0, 0.05) is 5.56 Å². The highest BCUT2D eigenvalue weighted by molar-refractivity contribution is 5.85. The van der Waals surface area contributed by atoms with Gasteiger partial charge in [-0.3, -0.25) is 4.79 Å². The lowest BCUT2D eigenvalue weighted by Gasteiger charge is -2.41. The Morgan fingerprint density at radius 3 is 2.64 bits per heavy atom. The second kappa shape index (κ2) is 5.89. The quantitative estimate of drug-likeness (QED) is 0.870. The second-order valence-electron chi connectivity index (χ2n) is 5.24. The fourth-order valence-corrected chi connectivity index (χ4v) is 2.34. The van der Waals surface area contributed by atoms with Crippen molar-refractivity contribution in [3.05, 3.63) is 29.8 Å². The van der Waals surface area contributed by atoms with Gasteiger partial charge >= 0.3 is 5.92 Å². The molecule has 0 heterocycles. The van der Waals surface area contributed by atoms with E-state index in [-0.39, 0.29) is 18.4 Å². The third kappa shape index (κ3) is 2.62. The van der Waals surface area contributed by atoms with Crippen molar-refractivity contribution in [2.24, 2.45) is 0 Å². The van der Waals surface area contributed by atoms with Crippen LogP contribution in [0.15, 0.2) is 24.3 Å². The Balaban J connectivity index is 2.20. The Hall–Kier alpha value is -2.20. The zero-order chi connectivity index (χ0) is 16.4. The lowest BCUT2D eigenvalue weighted by Crippen LogP contribution is -2.60. The molecule has 1 atom stereocenters. The number of nitrogens with one attached hydrogen (secondary N) is 1. The van der Waals surface area contributed by atoms with Gasteiger partial charge in [0.2, 0.25) is 0 Å². The molecule has 1 unspecified atom stereocenters. The Bertz CT molecular complexity index is 609. The minimum Gasteiger partial charge on any atom is -0.496 e. The van der Waals surface area contributed by atoms with Crippen molar-refractivity contribution in [2.75, 3.05) is 7.11 Å². The molecule has 0 aromatic heterocycles. The molecular weight excluding hydrogens is 294 g/mol. The zero-order valence-electron chi connectivity index (χ0n) is 12.0. The summed E-state index contributed by atoms with van der Waals surface area (Å²) >= 11 is 0. The van der Waals surface area contributed by atoms with E-state index < -0.39 is 23.5 Å². The number of carbonyl (C=O) groups is 1. The first-order valence-corrected chi connectivity index (χ1v) is 6.79. The van der Waals surface area contributed by atoms with E-state index in [9.17, 15) is 18.7 Å². The van der Waals surface area contributed by atoms with Gasteiger partial charge in [-0.25, -0.2) is 0 Å². The summed E-state index contributed by atoms with van der Waals surface area (Å²) in [6.07, 6.45) is 0.159. The lowest BCUT2D eigenvalue weighted by molar-refractivity contribution is -0.216. The van der Waals surface area contributed by atoms with Crippen molar-refractivity contribution in [2.45, 2.75) is 36.8 Å². The second-order valence-corrected chi connectivity index (χ2v) is 5.24. The topological polar surface area (TPSA) is 82.3 Å². The molecule has 2 rings (SSSR count). The first-order chi connectivity index (χ1) is 10.4. The number of alkyl halides is 2. The number of hydrogen-bond acceptors (Lipinski definition) is 4. The molecule has 1 aliphatic rings. The summed E-state index contributed by atoms with van der Waals surface area (Å²) in [5.41, 5.74) is -2.05. The van der Waals surface area contributed by atoms with Crippen LogP contribution in [0.5, 0.6) is 5.75 Å². The van der Waals surface area contributed by atoms with E-state index in [4.69, 9.17) is 10.00 Å². The molecular formula is C15H16F2N2O3. The van der Waals surface area contributed by atoms with Crippen LogP contribution in [0.4, 0.5) is 8.78 Å². The summed E-state index contributed by atoms with van der Waals surface area (Å²) in [6, 6.07) is 6.79. The molecule has 1 fully saturated rings. The highest BCUT2D eigenvalue weighted by Gasteiger charge is 2.61. The van der Waals surface area contributed by atoms with Gasteiger partial charge in [0.1, 0.15) is 17.4 Å². The van der Waals surface area contributed by atoms with Crippen molar-refractivity contribution in [1.82, 2.24) is 5.32 Å². The maximum atomic E-state index is 14.0. The molecule has 7 heteroatoms. The molecule has 118 valence electrons. The zero-order valence-corrected chi connectivity index (χ0v) is 12.0. The number of aliphatic hydroxyl groups is 1. The third-order valence-corrected chi connectivity index (χ3v) is 3.90. The van der Waals surface area contributed by atoms with E-state index >= 15 is 0 Å². The van der Waals surface area contributed by atoms with Crippen molar-refractivity contribution in [3.63, 3.8) is 0 Å². The van der Waals surface area contributed by atoms with Gasteiger partial charge in [0.15, 0.2) is 0 Å². The molecule has 0 spiro atoms. The van der Waals surface area contributed by atoms with Crippen LogP contribution in [0.1, 0.15) is 30.9 Å². The summed E-state index contributed by atoms with van der Waals surface area (Å²) in [5.74, 6) is -5.30. The standard InChI is InChI=1S/C15H16F2N2O3/c1-22-12-6-3-2-5-10(12)11(9-18)19-13(20)15(16,17)14(21)7-4-8-14/h2-3,5-6,11,21H,4,7-8H2,1H3,(H,19,20). The van der Waals surface area contributed by atoms with E-state index in [2.05, 4.69) is 0 Å². The molecule has 5 nitrogen and oxygen atoms in total. The minimum absolute atomic E-state index is 0.140. The Morgan fingerprint density at radius 1 is 1.50 bits per heavy atom. The number of carbonyl (C=O) groups excluding carboxylic acids is 1. The van der Waals surface area contributed by atoms with Gasteiger partial charge in [-0.15, -0.1) is 0 Å². The molecule has 1 aromatic rings. The van der Waals surface area contributed by atoms with Crippen molar-refractivity contribution >= 4 is 5.91 Å². The van der Waals surface area contributed by atoms with E-state index in [1.165, 1.54) is 13.2 Å². The number of rotatable bonds is 5. The molecule has 0 radical (unpaired) electrons. The number of benzene rings is 1. The fraction of sp³-hybridized carbons (Fsp3) is 0.467. The summed E-state index contributed by atoms with van der Waals surface area (Å²) < 4.78 is 33.1. The van der Waals surface area contributed by atoms with Crippen LogP contribution in [0.3, 0.4) is 0 Å². The summed E-state index contributed by atoms with van der Waals surface area (Å²) in [5, 5.41) is 20.9. The number of hydrogen-bond donors (Lipinski definition) is 2. The molecule has 1 aromatic carbocycles. The Kier molecular flexibility index (Phi) is 4.33. The number of nitrogens with zero attached hydrogens (tertiary/aromatic N) is 1. The highest BCUT2D eigenvalue weighted by Crippen LogP contribution is 2.44. The van der Waals surface area contributed by atoms with Gasteiger partial charge in [-0.1, -0.05) is 18.2 Å². The minimum atomic E-state index is -3.94. The average molecular weight is 310 g/mol. The van der Waals surface area contributed by atoms with Crippen LogP contribution in [-0.4, -0.2) is 29.6 Å². The van der Waals surface area contributed by atoms with Crippen molar-refractivity contribution in [3.8, 4) is 11.8 Å². The van der Waals surface area contributed by atoms with Crippen LogP contribution in [0.25, 0.3) is 0 Å². The van der Waals surface area contributed by atoms with Crippen LogP contribution in [0.2, 0.25) is 0 Å². The molecule has 1 saturated carbocycles. The highest BCUT2D eigenvalue weighted by atomic mass is 19.3. The molecule has 2 N–H and O–H groups in total. The first-order valence-electron chi connectivity index (χ1n) is 6.79. The number of methoxy groups -OCH3 is 1. The van der Waals surface area contributed by atoms with Gasteiger partial charge in [0.05, 0.1) is 13.2 Å². The Labute approximate surface area is 126 Å². The van der Waals surface area contributed by atoms with Crippen molar-refractivity contribution < 1.29 is 23.4 Å². The van der Waals surface area contributed by atoms with E-state index in [1.807, 2.05) is 5.32 Å². The summed E-state index contributed by atoms with van der Waals surface area (Å²) in [7, 11) is 1.38. The fourth-order valence-electron chi connectivity index (χ4n) is 2.34. The number of para-hydroxylation sites is 1. The molecule has 1 amide bonds. The van der Waals surface area contributed by atoms with Crippen LogP contribution in [-0.2, 0) is 4.79 Å². The average Bonchev–Trinajstić information content (AvgIpc) is 2.49. The molecule has 22 heavy (non-hydrogen) atoms.